The lowest BCUT2D eigenvalue weighted by atomic mass is 10.0. The monoisotopic (exact) mass is 569 g/mol. The third kappa shape index (κ3) is 5.68. The van der Waals surface area contributed by atoms with Crippen molar-refractivity contribution in [3.63, 3.8) is 0 Å². The highest BCUT2D eigenvalue weighted by Crippen LogP contribution is 2.39. The highest BCUT2D eigenvalue weighted by molar-refractivity contribution is 6.08. The summed E-state index contributed by atoms with van der Waals surface area (Å²) in [6, 6.07) is 11.7. The highest BCUT2D eigenvalue weighted by atomic mass is 16.5. The number of likely N-dealkylation sites (N-methyl/N-ethyl adjacent to an activating group) is 2. The molecule has 42 heavy (non-hydrogen) atoms. The molecule has 2 aromatic heterocycles. The summed E-state index contributed by atoms with van der Waals surface area (Å²) in [5, 5.41) is 4.30. The van der Waals surface area contributed by atoms with Gasteiger partial charge in [0.1, 0.15) is 12.0 Å². The molecule has 0 saturated carbocycles. The van der Waals surface area contributed by atoms with E-state index in [1.165, 1.54) is 0 Å². The first kappa shape index (κ1) is 29.1. The maximum absolute atomic E-state index is 11.5. The van der Waals surface area contributed by atoms with E-state index < -0.39 is 0 Å². The van der Waals surface area contributed by atoms with Crippen LogP contribution in [0.1, 0.15) is 25.1 Å². The van der Waals surface area contributed by atoms with E-state index in [9.17, 15) is 4.79 Å². The van der Waals surface area contributed by atoms with E-state index in [4.69, 9.17) is 20.2 Å². The number of hydrogen-bond donors (Lipinski definition) is 2. The lowest BCUT2D eigenvalue weighted by Gasteiger charge is -2.26. The van der Waals surface area contributed by atoms with Gasteiger partial charge in [0.05, 0.1) is 48.8 Å². The largest absolute Gasteiger partial charge is 0.494 e. The summed E-state index contributed by atoms with van der Waals surface area (Å²) in [4.78, 5) is 25.4. The molecule has 0 amide bonds. The number of nitrogens with one attached hydrogen (secondary N) is 1. The second-order valence-electron chi connectivity index (χ2n) is 10.4. The van der Waals surface area contributed by atoms with Gasteiger partial charge in [0, 0.05) is 61.0 Å². The number of aldehydes is 1. The summed E-state index contributed by atoms with van der Waals surface area (Å²) >= 11 is 0. The van der Waals surface area contributed by atoms with Gasteiger partial charge in [-0.15, -0.1) is 0 Å². The van der Waals surface area contributed by atoms with Gasteiger partial charge in [-0.3, -0.25) is 4.79 Å². The molecule has 4 aromatic rings. The first-order valence-electron chi connectivity index (χ1n) is 14.3. The van der Waals surface area contributed by atoms with Crippen molar-refractivity contribution in [3.05, 3.63) is 60.4 Å². The number of nitrogens with zero attached hydrogens (tertiary/aromatic N) is 5. The highest BCUT2D eigenvalue weighted by Gasteiger charge is 2.23. The zero-order chi connectivity index (χ0) is 29.8. The third-order valence-electron chi connectivity index (χ3n) is 7.95. The molecule has 0 fully saturated rings. The number of carbonyl (C=O) groups is 1. The quantitative estimate of drug-likeness (QED) is 0.139. The molecule has 10 heteroatoms. The molecule has 5 rings (SSSR count). The second-order valence-corrected chi connectivity index (χ2v) is 10.4. The molecule has 10 nitrogen and oxygen atoms in total. The summed E-state index contributed by atoms with van der Waals surface area (Å²) in [7, 11) is 3.68. The van der Waals surface area contributed by atoms with Gasteiger partial charge in [-0.1, -0.05) is 26.5 Å². The summed E-state index contributed by atoms with van der Waals surface area (Å²) < 4.78 is 13.8. The van der Waals surface area contributed by atoms with Crippen LogP contribution in [-0.2, 0) is 22.7 Å². The summed E-state index contributed by atoms with van der Waals surface area (Å²) in [5.74, 6) is 1.05. The van der Waals surface area contributed by atoms with Gasteiger partial charge < -0.3 is 34.9 Å². The summed E-state index contributed by atoms with van der Waals surface area (Å²) in [6.45, 7) is 13.9. The number of anilines is 4. The summed E-state index contributed by atoms with van der Waals surface area (Å²) in [6.07, 6.45) is 2.50. The molecule has 0 bridgehead atoms. The zero-order valence-electron chi connectivity index (χ0n) is 24.8. The van der Waals surface area contributed by atoms with E-state index >= 15 is 0 Å². The van der Waals surface area contributed by atoms with Crippen LogP contribution >= 0.6 is 0 Å². The summed E-state index contributed by atoms with van der Waals surface area (Å²) in [5.41, 5.74) is 13.7. The molecule has 2 aromatic carbocycles. The van der Waals surface area contributed by atoms with Crippen LogP contribution in [-0.4, -0.2) is 72.7 Å². The topological polar surface area (TPSA) is 111 Å². The standard InChI is InChI=1S/C32H39N7O3/c1-6-38(7-2)13-12-37(4)28-18-30(41-5)26(17-24(28)33)36-32-34-11-10-25(35-32)31-23-16-22(21(3)19-40)8-9-27(23)39-14-15-42-20-29(31)39/h8-11,16-19H,3,6-7,12-15,20,33H2,1-2,4-5H3,(H,34,35,36). The molecule has 0 spiro atoms. The normalized spacial score (nSPS) is 12.8. The van der Waals surface area contributed by atoms with Crippen molar-refractivity contribution < 1.29 is 14.3 Å². The van der Waals surface area contributed by atoms with Crippen LogP contribution in [0.15, 0.2) is 49.2 Å². The van der Waals surface area contributed by atoms with Crippen molar-refractivity contribution in [1.82, 2.24) is 19.4 Å². The third-order valence-corrected chi connectivity index (χ3v) is 7.95. The molecule has 0 radical (unpaired) electrons. The molecule has 1 aliphatic rings. The molecule has 3 heterocycles. The number of nitrogen functional groups attached to an aromatic ring is 1. The fourth-order valence-electron chi connectivity index (χ4n) is 5.50. The second kappa shape index (κ2) is 12.6. The van der Waals surface area contributed by atoms with Crippen molar-refractivity contribution >= 4 is 45.8 Å². The number of hydrogen-bond acceptors (Lipinski definition) is 9. The fraction of sp³-hybridized carbons (Fsp3) is 0.344. The molecular formula is C32H39N7O3. The van der Waals surface area contributed by atoms with Crippen molar-refractivity contribution in [2.75, 3.05) is 62.9 Å². The Balaban J connectivity index is 1.49. The van der Waals surface area contributed by atoms with Gasteiger partial charge in [-0.25, -0.2) is 9.97 Å². The van der Waals surface area contributed by atoms with Crippen LogP contribution in [0, 0.1) is 0 Å². The first-order valence-corrected chi connectivity index (χ1v) is 14.3. The van der Waals surface area contributed by atoms with E-state index in [1.807, 2.05) is 43.4 Å². The van der Waals surface area contributed by atoms with Crippen molar-refractivity contribution in [2.24, 2.45) is 0 Å². The first-order chi connectivity index (χ1) is 20.4. The average Bonchev–Trinajstić information content (AvgIpc) is 3.35. The van der Waals surface area contributed by atoms with Gasteiger partial charge in [0.15, 0.2) is 0 Å². The molecule has 0 atom stereocenters. The maximum Gasteiger partial charge on any atom is 0.227 e. The average molecular weight is 570 g/mol. The molecule has 0 aliphatic carbocycles. The Morgan fingerprint density at radius 3 is 2.76 bits per heavy atom. The van der Waals surface area contributed by atoms with Crippen molar-refractivity contribution in [3.8, 4) is 17.0 Å². The van der Waals surface area contributed by atoms with Crippen LogP contribution in [0.4, 0.5) is 23.0 Å². The Hall–Kier alpha value is -4.41. The Labute approximate surface area is 246 Å². The molecule has 0 unspecified atom stereocenters. The van der Waals surface area contributed by atoms with Gasteiger partial charge in [0.2, 0.25) is 5.95 Å². The zero-order valence-corrected chi connectivity index (χ0v) is 24.8. The van der Waals surface area contributed by atoms with Crippen LogP contribution in [0.2, 0.25) is 0 Å². The number of aromatic nitrogens is 3. The van der Waals surface area contributed by atoms with Crippen molar-refractivity contribution in [2.45, 2.75) is 27.0 Å². The molecule has 1 aliphatic heterocycles. The van der Waals surface area contributed by atoms with Gasteiger partial charge >= 0.3 is 0 Å². The van der Waals surface area contributed by atoms with Crippen LogP contribution in [0.25, 0.3) is 27.7 Å². The Morgan fingerprint density at radius 2 is 2.02 bits per heavy atom. The predicted molar refractivity (Wildman–Crippen MR) is 169 cm³/mol. The lowest BCUT2D eigenvalue weighted by molar-refractivity contribution is -0.103. The number of fused-ring (bicyclic) bond motifs is 3. The number of carbonyl (C=O) groups excluding carboxylic acids is 1. The van der Waals surface area contributed by atoms with Crippen LogP contribution in [0.5, 0.6) is 5.75 Å². The molecule has 3 N–H and O–H groups in total. The van der Waals surface area contributed by atoms with Crippen molar-refractivity contribution in [1.29, 1.82) is 0 Å². The van der Waals surface area contributed by atoms with Crippen LogP contribution in [0.3, 0.4) is 0 Å². The van der Waals surface area contributed by atoms with E-state index in [0.29, 0.717) is 41.9 Å². The van der Waals surface area contributed by atoms with E-state index in [-0.39, 0.29) is 0 Å². The van der Waals surface area contributed by atoms with E-state index in [1.54, 1.807) is 13.3 Å². The number of allylic oxidation sites excluding steroid dienone is 1. The molecule has 0 saturated heterocycles. The number of benzene rings is 2. The Kier molecular flexibility index (Phi) is 8.75. The van der Waals surface area contributed by atoms with E-state index in [0.717, 1.165) is 78.1 Å². The molecule has 220 valence electrons. The minimum atomic E-state index is 0.408. The lowest BCUT2D eigenvalue weighted by Crippen LogP contribution is -2.33. The number of nitrogens with two attached hydrogens (primary N) is 1. The Bertz CT molecular complexity index is 1610. The molecular weight excluding hydrogens is 530 g/mol. The number of ether oxygens (including phenoxy) is 2. The fourth-order valence-corrected chi connectivity index (χ4v) is 5.50. The number of rotatable bonds is 12. The van der Waals surface area contributed by atoms with E-state index in [2.05, 4.69) is 45.1 Å². The van der Waals surface area contributed by atoms with Crippen LogP contribution < -0.4 is 20.7 Å². The maximum atomic E-state index is 11.5. The minimum Gasteiger partial charge on any atom is -0.494 e. The number of methoxy groups -OCH3 is 1. The van der Waals surface area contributed by atoms with Gasteiger partial charge in [0.25, 0.3) is 0 Å². The van der Waals surface area contributed by atoms with Gasteiger partial charge in [-0.2, -0.15) is 0 Å². The minimum absolute atomic E-state index is 0.408. The smallest absolute Gasteiger partial charge is 0.227 e. The predicted octanol–water partition coefficient (Wildman–Crippen LogP) is 4.95. The Morgan fingerprint density at radius 1 is 1.21 bits per heavy atom. The van der Waals surface area contributed by atoms with Gasteiger partial charge in [-0.05, 0) is 42.9 Å². The SMILES string of the molecule is C=C(C=O)c1ccc2c(c1)c(-c1ccnc(Nc3cc(N)c(N(C)CCN(CC)CC)cc3OC)n1)c1n2CCOC1.